The van der Waals surface area contributed by atoms with Crippen LogP contribution in [-0.4, -0.2) is 46.7 Å². The van der Waals surface area contributed by atoms with Gasteiger partial charge in [-0.25, -0.2) is 4.39 Å². The molecule has 1 unspecified atom stereocenters. The number of benzene rings is 3. The molecule has 0 spiro atoms. The highest BCUT2D eigenvalue weighted by atomic mass is 19.1. The zero-order valence-electron chi connectivity index (χ0n) is 22.3. The fourth-order valence-electron chi connectivity index (χ4n) is 6.01. The van der Waals surface area contributed by atoms with E-state index in [9.17, 15) is 18.8 Å². The van der Waals surface area contributed by atoms with Crippen LogP contribution in [0.25, 0.3) is 0 Å². The second-order valence-corrected chi connectivity index (χ2v) is 10.9. The lowest BCUT2D eigenvalue weighted by molar-refractivity contribution is -0.136. The van der Waals surface area contributed by atoms with E-state index in [2.05, 4.69) is 34.5 Å². The first-order chi connectivity index (χ1) is 19.4. The Morgan fingerprint density at radius 3 is 2.33 bits per heavy atom. The zero-order valence-corrected chi connectivity index (χ0v) is 22.3. The van der Waals surface area contributed by atoms with Crippen LogP contribution in [0.3, 0.4) is 0 Å². The summed E-state index contributed by atoms with van der Waals surface area (Å²) in [6, 6.07) is 20.1. The molecule has 206 valence electrons. The first-order valence-corrected chi connectivity index (χ1v) is 13.9. The number of nitrogens with one attached hydrogen (secondary N) is 1. The standard InChI is InChI=1S/C32H32FN3O4/c33-25-10-8-23(9-11-25)24-14-16-35(17-15-24)18-21-4-6-22(7-5-21)20-40-29-3-1-2-26-27(29)19-36(32(26)39)28-12-13-30(37)34-31(28)38/h1-11,24,28H,12-20H2,(H,34,37,38). The summed E-state index contributed by atoms with van der Waals surface area (Å²) >= 11 is 0. The number of carbonyl (C=O) groups is 3. The van der Waals surface area contributed by atoms with E-state index in [1.165, 1.54) is 16.0 Å². The van der Waals surface area contributed by atoms with E-state index in [-0.39, 0.29) is 30.6 Å². The SMILES string of the molecule is O=C1CCC(N2Cc3c(OCc4ccc(CN5CCC(c6ccc(F)cc6)CC5)cc4)cccc3C2=O)C(=O)N1. The van der Waals surface area contributed by atoms with Crippen molar-refractivity contribution in [1.82, 2.24) is 15.1 Å². The average Bonchev–Trinajstić information content (AvgIpc) is 3.30. The molecule has 0 radical (unpaired) electrons. The number of fused-ring (bicyclic) bond motifs is 1. The zero-order chi connectivity index (χ0) is 27.6. The van der Waals surface area contributed by atoms with Gasteiger partial charge in [-0.15, -0.1) is 0 Å². The van der Waals surface area contributed by atoms with Crippen molar-refractivity contribution >= 4 is 17.7 Å². The van der Waals surface area contributed by atoms with Crippen LogP contribution in [0.2, 0.25) is 0 Å². The first kappa shape index (κ1) is 26.2. The minimum absolute atomic E-state index is 0.186. The molecule has 3 amide bonds. The highest BCUT2D eigenvalue weighted by Gasteiger charge is 2.40. The van der Waals surface area contributed by atoms with E-state index < -0.39 is 11.9 Å². The number of nitrogens with zero attached hydrogens (tertiary/aromatic N) is 2. The number of piperidine rings is 2. The van der Waals surface area contributed by atoms with Crippen molar-refractivity contribution in [2.75, 3.05) is 13.1 Å². The molecule has 2 saturated heterocycles. The van der Waals surface area contributed by atoms with Gasteiger partial charge in [0.2, 0.25) is 11.8 Å². The van der Waals surface area contributed by atoms with Crippen molar-refractivity contribution in [3.05, 3.63) is 100 Å². The van der Waals surface area contributed by atoms with Crippen LogP contribution < -0.4 is 10.1 Å². The average molecular weight is 542 g/mol. The van der Waals surface area contributed by atoms with Gasteiger partial charge in [0.1, 0.15) is 24.2 Å². The molecule has 1 N–H and O–H groups in total. The normalized spacial score (nSPS) is 20.0. The Kier molecular flexibility index (Phi) is 7.34. The third kappa shape index (κ3) is 5.49. The number of carbonyl (C=O) groups excluding carboxylic acids is 3. The smallest absolute Gasteiger partial charge is 0.255 e. The Hall–Kier alpha value is -4.04. The number of ether oxygens (including phenoxy) is 1. The number of rotatable bonds is 7. The fraction of sp³-hybridized carbons (Fsp3) is 0.344. The molecule has 0 bridgehead atoms. The number of amides is 3. The number of hydrogen-bond donors (Lipinski definition) is 1. The van der Waals surface area contributed by atoms with Gasteiger partial charge >= 0.3 is 0 Å². The summed E-state index contributed by atoms with van der Waals surface area (Å²) in [6.45, 7) is 3.57. The van der Waals surface area contributed by atoms with Crippen molar-refractivity contribution in [3.8, 4) is 5.75 Å². The summed E-state index contributed by atoms with van der Waals surface area (Å²) in [7, 11) is 0. The minimum Gasteiger partial charge on any atom is -0.489 e. The third-order valence-corrected chi connectivity index (χ3v) is 8.29. The topological polar surface area (TPSA) is 79.0 Å². The van der Waals surface area contributed by atoms with E-state index in [4.69, 9.17) is 4.74 Å². The fourth-order valence-corrected chi connectivity index (χ4v) is 6.01. The Morgan fingerprint density at radius 1 is 0.875 bits per heavy atom. The van der Waals surface area contributed by atoms with Crippen molar-refractivity contribution < 1.29 is 23.5 Å². The van der Waals surface area contributed by atoms with Gasteiger partial charge in [-0.2, -0.15) is 0 Å². The molecule has 3 aromatic rings. The monoisotopic (exact) mass is 541 g/mol. The van der Waals surface area contributed by atoms with Crippen LogP contribution in [0.5, 0.6) is 5.75 Å². The van der Waals surface area contributed by atoms with Gasteiger partial charge in [-0.05, 0) is 79.2 Å². The second-order valence-electron chi connectivity index (χ2n) is 10.9. The number of likely N-dealkylation sites (tertiary alicyclic amines) is 1. The molecule has 3 aliphatic heterocycles. The third-order valence-electron chi connectivity index (χ3n) is 8.29. The minimum atomic E-state index is -0.647. The van der Waals surface area contributed by atoms with E-state index in [1.54, 1.807) is 24.3 Å². The van der Waals surface area contributed by atoms with Crippen LogP contribution in [0.4, 0.5) is 4.39 Å². The van der Waals surface area contributed by atoms with Gasteiger partial charge < -0.3 is 9.64 Å². The lowest BCUT2D eigenvalue weighted by atomic mass is 9.89. The van der Waals surface area contributed by atoms with Crippen molar-refractivity contribution in [1.29, 1.82) is 0 Å². The highest BCUT2D eigenvalue weighted by molar-refractivity contribution is 6.05. The molecule has 1 atom stereocenters. The number of halogens is 1. The Balaban J connectivity index is 1.03. The molecule has 6 rings (SSSR count). The van der Waals surface area contributed by atoms with Crippen LogP contribution >= 0.6 is 0 Å². The molecule has 0 aliphatic carbocycles. The Bertz CT molecular complexity index is 1420. The quantitative estimate of drug-likeness (QED) is 0.444. The van der Waals surface area contributed by atoms with Gasteiger partial charge in [0.15, 0.2) is 0 Å². The summed E-state index contributed by atoms with van der Waals surface area (Å²) in [5.74, 6) is 0.00952. The van der Waals surface area contributed by atoms with Crippen LogP contribution in [0.15, 0.2) is 66.7 Å². The maximum Gasteiger partial charge on any atom is 0.255 e. The summed E-state index contributed by atoms with van der Waals surface area (Å²) in [5, 5.41) is 2.34. The molecule has 8 heteroatoms. The molecule has 3 aromatic carbocycles. The molecule has 2 fully saturated rings. The number of imide groups is 1. The van der Waals surface area contributed by atoms with Crippen molar-refractivity contribution in [2.45, 2.75) is 57.3 Å². The first-order valence-electron chi connectivity index (χ1n) is 13.9. The summed E-state index contributed by atoms with van der Waals surface area (Å²) in [6.07, 6.45) is 2.70. The molecule has 0 saturated carbocycles. The molecule has 3 heterocycles. The van der Waals surface area contributed by atoms with Gasteiger partial charge in [0, 0.05) is 24.1 Å². The van der Waals surface area contributed by atoms with Crippen LogP contribution in [0.1, 0.15) is 64.2 Å². The predicted octanol–water partition coefficient (Wildman–Crippen LogP) is 4.55. The van der Waals surface area contributed by atoms with E-state index in [0.717, 1.165) is 43.6 Å². The Morgan fingerprint density at radius 2 is 1.60 bits per heavy atom. The summed E-state index contributed by atoms with van der Waals surface area (Å²) in [4.78, 5) is 40.9. The van der Waals surface area contributed by atoms with E-state index >= 15 is 0 Å². The van der Waals surface area contributed by atoms with E-state index in [0.29, 0.717) is 30.3 Å². The van der Waals surface area contributed by atoms with Gasteiger partial charge in [-0.1, -0.05) is 42.5 Å². The largest absolute Gasteiger partial charge is 0.489 e. The van der Waals surface area contributed by atoms with Crippen LogP contribution in [0, 0.1) is 5.82 Å². The molecule has 0 aromatic heterocycles. The second kappa shape index (κ2) is 11.2. The predicted molar refractivity (Wildman–Crippen MR) is 147 cm³/mol. The summed E-state index contributed by atoms with van der Waals surface area (Å²) in [5.41, 5.74) is 4.82. The molecular weight excluding hydrogens is 509 g/mol. The Labute approximate surface area is 232 Å². The lowest BCUT2D eigenvalue weighted by Crippen LogP contribution is -2.52. The molecular formula is C32H32FN3O4. The van der Waals surface area contributed by atoms with E-state index in [1.807, 2.05) is 18.2 Å². The molecule has 7 nitrogen and oxygen atoms in total. The van der Waals surface area contributed by atoms with Crippen molar-refractivity contribution in [2.24, 2.45) is 0 Å². The molecule has 40 heavy (non-hydrogen) atoms. The van der Waals surface area contributed by atoms with Gasteiger partial charge in [0.05, 0.1) is 6.54 Å². The van der Waals surface area contributed by atoms with Crippen LogP contribution in [-0.2, 0) is 29.3 Å². The lowest BCUT2D eigenvalue weighted by Gasteiger charge is -2.32. The van der Waals surface area contributed by atoms with Gasteiger partial charge in [-0.3, -0.25) is 24.6 Å². The van der Waals surface area contributed by atoms with Crippen molar-refractivity contribution in [3.63, 3.8) is 0 Å². The maximum absolute atomic E-state index is 13.2. The molecule has 3 aliphatic rings. The maximum atomic E-state index is 13.2. The summed E-state index contributed by atoms with van der Waals surface area (Å²) < 4.78 is 19.4. The highest BCUT2D eigenvalue weighted by Crippen LogP contribution is 2.34. The number of hydrogen-bond acceptors (Lipinski definition) is 5. The van der Waals surface area contributed by atoms with Gasteiger partial charge in [0.25, 0.3) is 5.91 Å².